The second kappa shape index (κ2) is 8.83. The molecule has 0 spiro atoms. The smallest absolute Gasteiger partial charge is 0.410 e. The summed E-state index contributed by atoms with van der Waals surface area (Å²) in [5.41, 5.74) is 1.49. The first-order valence-corrected chi connectivity index (χ1v) is 10.9. The highest BCUT2D eigenvalue weighted by atomic mass is 16.6. The molecule has 0 radical (unpaired) electrons. The highest BCUT2D eigenvalue weighted by Crippen LogP contribution is 2.35. The Bertz CT molecular complexity index is 806. The number of pyridine rings is 1. The van der Waals surface area contributed by atoms with Gasteiger partial charge in [-0.15, -0.1) is 0 Å². The van der Waals surface area contributed by atoms with Gasteiger partial charge in [0.2, 0.25) is 0 Å². The first kappa shape index (κ1) is 21.0. The van der Waals surface area contributed by atoms with E-state index in [9.17, 15) is 4.79 Å². The van der Waals surface area contributed by atoms with Gasteiger partial charge < -0.3 is 19.3 Å². The van der Waals surface area contributed by atoms with Gasteiger partial charge in [0.25, 0.3) is 0 Å². The first-order chi connectivity index (χ1) is 14.4. The summed E-state index contributed by atoms with van der Waals surface area (Å²) in [6.07, 6.45) is 3.81. The van der Waals surface area contributed by atoms with E-state index < -0.39 is 5.60 Å². The van der Waals surface area contributed by atoms with Crippen molar-refractivity contribution in [3.05, 3.63) is 24.0 Å². The zero-order chi connectivity index (χ0) is 21.1. The molecular weight excluding hydrogens is 380 g/mol. The van der Waals surface area contributed by atoms with Crippen LogP contribution in [0.5, 0.6) is 0 Å². The molecule has 1 amide bonds. The number of hydrogen-bond acceptors (Lipinski definition) is 6. The molecule has 3 fully saturated rings. The Balaban J connectivity index is 1.40. The number of ether oxygens (including phenoxy) is 2. The van der Waals surface area contributed by atoms with Gasteiger partial charge in [-0.2, -0.15) is 0 Å². The number of carbonyl (C=O) groups is 1. The van der Waals surface area contributed by atoms with Crippen LogP contribution in [0, 0.1) is 11.8 Å². The molecule has 2 bridgehead atoms. The van der Waals surface area contributed by atoms with Gasteiger partial charge in [-0.25, -0.2) is 9.78 Å². The Morgan fingerprint density at radius 3 is 2.60 bits per heavy atom. The van der Waals surface area contributed by atoms with E-state index in [0.29, 0.717) is 25.2 Å². The van der Waals surface area contributed by atoms with E-state index in [1.165, 1.54) is 0 Å². The van der Waals surface area contributed by atoms with E-state index in [1.807, 2.05) is 31.9 Å². The van der Waals surface area contributed by atoms with Crippen LogP contribution in [-0.4, -0.2) is 84.5 Å². The monoisotopic (exact) mass is 412 g/mol. The molecule has 4 heterocycles. The van der Waals surface area contributed by atoms with Gasteiger partial charge in [0, 0.05) is 50.1 Å². The SMILES string of the molecule is CC(C)(C)OC(=O)N1CC2CCC(C1)N2c1ccnc(C#CCN2CCOCC2)c1. The fourth-order valence-corrected chi connectivity index (χ4v) is 4.45. The van der Waals surface area contributed by atoms with Gasteiger partial charge in [0.05, 0.1) is 19.8 Å². The van der Waals surface area contributed by atoms with Crippen LogP contribution in [-0.2, 0) is 9.47 Å². The molecule has 0 saturated carbocycles. The topological polar surface area (TPSA) is 58.1 Å². The van der Waals surface area contributed by atoms with E-state index in [-0.39, 0.29) is 6.09 Å². The summed E-state index contributed by atoms with van der Waals surface area (Å²) >= 11 is 0. The normalized spacial score (nSPS) is 24.4. The van der Waals surface area contributed by atoms with Gasteiger partial charge >= 0.3 is 6.09 Å². The second-order valence-electron chi connectivity index (χ2n) is 9.27. The number of likely N-dealkylation sites (tertiary alicyclic amines) is 1. The number of hydrogen-bond donors (Lipinski definition) is 0. The maximum atomic E-state index is 12.5. The highest BCUT2D eigenvalue weighted by molar-refractivity contribution is 5.69. The lowest BCUT2D eigenvalue weighted by Crippen LogP contribution is -2.56. The zero-order valence-electron chi connectivity index (χ0n) is 18.3. The lowest BCUT2D eigenvalue weighted by molar-refractivity contribution is 0.0209. The molecule has 3 saturated heterocycles. The van der Waals surface area contributed by atoms with E-state index in [1.54, 1.807) is 0 Å². The second-order valence-corrected chi connectivity index (χ2v) is 9.27. The Morgan fingerprint density at radius 1 is 1.23 bits per heavy atom. The molecule has 1 aromatic rings. The van der Waals surface area contributed by atoms with Crippen LogP contribution in [0.2, 0.25) is 0 Å². The van der Waals surface area contributed by atoms with Gasteiger partial charge in [0.1, 0.15) is 11.3 Å². The molecule has 2 atom stereocenters. The van der Waals surface area contributed by atoms with Gasteiger partial charge in [-0.3, -0.25) is 4.90 Å². The van der Waals surface area contributed by atoms with Crippen LogP contribution < -0.4 is 4.90 Å². The molecule has 162 valence electrons. The quantitative estimate of drug-likeness (QED) is 0.695. The summed E-state index contributed by atoms with van der Waals surface area (Å²) in [7, 11) is 0. The largest absolute Gasteiger partial charge is 0.444 e. The first-order valence-electron chi connectivity index (χ1n) is 10.9. The maximum Gasteiger partial charge on any atom is 0.410 e. The summed E-state index contributed by atoms with van der Waals surface area (Å²) < 4.78 is 11.0. The number of amides is 1. The standard InChI is InChI=1S/C23H32N4O3/c1-23(2,3)30-22(28)26-16-20-6-7-21(17-26)27(20)19-8-9-24-18(15-19)5-4-10-25-11-13-29-14-12-25/h8-9,15,20-21H,6-7,10-14,16-17H2,1-3H3. The number of fused-ring (bicyclic) bond motifs is 2. The average molecular weight is 413 g/mol. The Hall–Kier alpha value is -2.30. The lowest BCUT2D eigenvalue weighted by Gasteiger charge is -2.42. The molecule has 1 aromatic heterocycles. The van der Waals surface area contributed by atoms with Crippen molar-refractivity contribution in [2.75, 3.05) is 50.8 Å². The minimum absolute atomic E-state index is 0.205. The number of nitrogens with zero attached hydrogens (tertiary/aromatic N) is 4. The minimum Gasteiger partial charge on any atom is -0.444 e. The Labute approximate surface area is 179 Å². The Kier molecular flexibility index (Phi) is 6.16. The lowest BCUT2D eigenvalue weighted by atomic mass is 10.1. The molecule has 7 nitrogen and oxygen atoms in total. The summed E-state index contributed by atoms with van der Waals surface area (Å²) in [5.74, 6) is 6.47. The van der Waals surface area contributed by atoms with Crippen molar-refractivity contribution in [1.29, 1.82) is 0 Å². The number of carbonyl (C=O) groups excluding carboxylic acids is 1. The van der Waals surface area contributed by atoms with Crippen molar-refractivity contribution < 1.29 is 14.3 Å². The summed E-state index contributed by atoms with van der Waals surface area (Å²) in [6.45, 7) is 11.3. The predicted molar refractivity (Wildman–Crippen MR) is 115 cm³/mol. The number of anilines is 1. The summed E-state index contributed by atoms with van der Waals surface area (Å²) in [4.78, 5) is 23.6. The molecule has 2 unspecified atom stereocenters. The molecule has 7 heteroatoms. The maximum absolute atomic E-state index is 12.5. The van der Waals surface area contributed by atoms with Crippen LogP contribution in [0.25, 0.3) is 0 Å². The summed E-state index contributed by atoms with van der Waals surface area (Å²) in [5, 5.41) is 0. The van der Waals surface area contributed by atoms with Crippen LogP contribution >= 0.6 is 0 Å². The van der Waals surface area contributed by atoms with E-state index in [0.717, 1.165) is 57.1 Å². The Morgan fingerprint density at radius 2 is 1.93 bits per heavy atom. The van der Waals surface area contributed by atoms with Crippen LogP contribution in [0.15, 0.2) is 18.3 Å². The highest BCUT2D eigenvalue weighted by Gasteiger charge is 2.42. The summed E-state index contributed by atoms with van der Waals surface area (Å²) in [6, 6.07) is 4.77. The third-order valence-corrected chi connectivity index (χ3v) is 5.80. The van der Waals surface area contributed by atoms with Gasteiger partial charge in [-0.05, 0) is 51.7 Å². The van der Waals surface area contributed by atoms with E-state index in [2.05, 4.69) is 38.8 Å². The van der Waals surface area contributed by atoms with Crippen molar-refractivity contribution in [2.45, 2.75) is 51.3 Å². The van der Waals surface area contributed by atoms with Crippen LogP contribution in [0.4, 0.5) is 10.5 Å². The fourth-order valence-electron chi connectivity index (χ4n) is 4.45. The van der Waals surface area contributed by atoms with Crippen molar-refractivity contribution in [3.8, 4) is 11.8 Å². The predicted octanol–water partition coefficient (Wildman–Crippen LogP) is 2.35. The molecule has 3 aliphatic rings. The molecule has 0 N–H and O–H groups in total. The molecular formula is C23H32N4O3. The number of piperazine rings is 1. The molecule has 4 rings (SSSR count). The third-order valence-electron chi connectivity index (χ3n) is 5.80. The molecule has 0 aliphatic carbocycles. The number of rotatable bonds is 2. The number of aromatic nitrogens is 1. The van der Waals surface area contributed by atoms with Crippen molar-refractivity contribution >= 4 is 11.8 Å². The van der Waals surface area contributed by atoms with Crippen molar-refractivity contribution in [2.24, 2.45) is 0 Å². The number of morpholine rings is 1. The minimum atomic E-state index is -0.465. The van der Waals surface area contributed by atoms with Crippen molar-refractivity contribution in [1.82, 2.24) is 14.8 Å². The van der Waals surface area contributed by atoms with Gasteiger partial charge in [0.15, 0.2) is 0 Å². The molecule has 3 aliphatic heterocycles. The molecule has 0 aromatic carbocycles. The van der Waals surface area contributed by atoms with Crippen LogP contribution in [0.1, 0.15) is 39.3 Å². The van der Waals surface area contributed by atoms with E-state index >= 15 is 0 Å². The van der Waals surface area contributed by atoms with Crippen LogP contribution in [0.3, 0.4) is 0 Å². The third kappa shape index (κ3) is 5.05. The fraction of sp³-hybridized carbons (Fsp3) is 0.652. The van der Waals surface area contributed by atoms with Crippen molar-refractivity contribution in [3.63, 3.8) is 0 Å². The van der Waals surface area contributed by atoms with E-state index in [4.69, 9.17) is 9.47 Å². The average Bonchev–Trinajstić information content (AvgIpc) is 2.97. The molecule has 30 heavy (non-hydrogen) atoms. The zero-order valence-corrected chi connectivity index (χ0v) is 18.3. The van der Waals surface area contributed by atoms with Gasteiger partial charge in [-0.1, -0.05) is 5.92 Å².